The van der Waals surface area contributed by atoms with E-state index in [1.807, 2.05) is 37.2 Å². The van der Waals surface area contributed by atoms with Crippen molar-refractivity contribution < 1.29 is 4.79 Å². The minimum Gasteiger partial charge on any atom is -0.336 e. The summed E-state index contributed by atoms with van der Waals surface area (Å²) >= 11 is 1.73. The monoisotopic (exact) mass is 329 g/mol. The van der Waals surface area contributed by atoms with Crippen molar-refractivity contribution >= 4 is 23.1 Å². The van der Waals surface area contributed by atoms with Gasteiger partial charge in [0.2, 0.25) is 0 Å². The van der Waals surface area contributed by atoms with Gasteiger partial charge in [0.1, 0.15) is 0 Å². The van der Waals surface area contributed by atoms with E-state index < -0.39 is 0 Å². The molecule has 2 atom stereocenters. The molecule has 2 amide bonds. The Labute approximate surface area is 141 Å². The molecule has 1 aromatic heterocycles. The molecular weight excluding hydrogens is 306 g/mol. The molecule has 1 aliphatic heterocycles. The molecule has 3 rings (SSSR count). The molecule has 122 valence electrons. The number of likely N-dealkylation sites (N-methyl/N-ethyl adjacent to an activating group) is 1. The maximum Gasteiger partial charge on any atom is 0.322 e. The van der Waals surface area contributed by atoms with Gasteiger partial charge in [0, 0.05) is 23.2 Å². The van der Waals surface area contributed by atoms with Crippen molar-refractivity contribution in [1.82, 2.24) is 10.2 Å². The summed E-state index contributed by atoms with van der Waals surface area (Å²) in [5.74, 6) is 0. The molecule has 2 aromatic rings. The predicted molar refractivity (Wildman–Crippen MR) is 96.2 cm³/mol. The number of urea groups is 1. The summed E-state index contributed by atoms with van der Waals surface area (Å²) in [6.45, 7) is 2.71. The molecule has 5 heteroatoms. The molecule has 0 saturated carbocycles. The highest BCUT2D eigenvalue weighted by molar-refractivity contribution is 7.10. The number of carbonyl (C=O) groups is 1. The number of hydrogen-bond donors (Lipinski definition) is 1. The topological polar surface area (TPSA) is 35.6 Å². The average molecular weight is 329 g/mol. The summed E-state index contributed by atoms with van der Waals surface area (Å²) in [6, 6.07) is 12.7. The molecule has 0 spiro atoms. The highest BCUT2D eigenvalue weighted by atomic mass is 32.1. The molecule has 2 heterocycles. The zero-order valence-corrected chi connectivity index (χ0v) is 14.6. The van der Waals surface area contributed by atoms with Crippen LogP contribution in [-0.2, 0) is 6.42 Å². The van der Waals surface area contributed by atoms with Gasteiger partial charge in [0.25, 0.3) is 0 Å². The van der Waals surface area contributed by atoms with E-state index in [4.69, 9.17) is 0 Å². The Bertz CT molecular complexity index is 669. The fraction of sp³-hybridized carbons (Fsp3) is 0.389. The van der Waals surface area contributed by atoms with Crippen molar-refractivity contribution in [3.63, 3.8) is 0 Å². The van der Waals surface area contributed by atoms with Gasteiger partial charge in [0.15, 0.2) is 0 Å². The Morgan fingerprint density at radius 1 is 1.35 bits per heavy atom. The second kappa shape index (κ2) is 6.72. The molecule has 1 N–H and O–H groups in total. The molecule has 0 saturated heterocycles. The van der Waals surface area contributed by atoms with Crippen LogP contribution in [-0.4, -0.2) is 37.6 Å². The van der Waals surface area contributed by atoms with Crippen LogP contribution in [0.2, 0.25) is 0 Å². The minimum absolute atomic E-state index is 0.00847. The lowest BCUT2D eigenvalue weighted by Gasteiger charge is -2.27. The van der Waals surface area contributed by atoms with Crippen LogP contribution in [0, 0.1) is 0 Å². The summed E-state index contributed by atoms with van der Waals surface area (Å²) in [6.07, 6.45) is 0.922. The van der Waals surface area contributed by atoms with Crippen LogP contribution in [0.4, 0.5) is 10.5 Å². The number of benzene rings is 1. The van der Waals surface area contributed by atoms with E-state index in [0.717, 1.165) is 12.1 Å². The summed E-state index contributed by atoms with van der Waals surface area (Å²) in [4.78, 5) is 18.0. The molecule has 1 aromatic carbocycles. The first-order valence-corrected chi connectivity index (χ1v) is 8.80. The molecule has 0 aliphatic carbocycles. The van der Waals surface area contributed by atoms with Crippen molar-refractivity contribution in [2.75, 3.05) is 25.5 Å². The quantitative estimate of drug-likeness (QED) is 0.932. The van der Waals surface area contributed by atoms with Gasteiger partial charge < -0.3 is 10.2 Å². The van der Waals surface area contributed by atoms with Gasteiger partial charge in [-0.25, -0.2) is 4.79 Å². The summed E-state index contributed by atoms with van der Waals surface area (Å²) in [7, 11) is 4.09. The van der Waals surface area contributed by atoms with Crippen LogP contribution in [0.15, 0.2) is 41.8 Å². The van der Waals surface area contributed by atoms with Gasteiger partial charge in [-0.2, -0.15) is 0 Å². The third kappa shape index (κ3) is 3.26. The van der Waals surface area contributed by atoms with Gasteiger partial charge in [-0.15, -0.1) is 11.3 Å². The predicted octanol–water partition coefficient (Wildman–Crippen LogP) is 3.51. The van der Waals surface area contributed by atoms with Crippen LogP contribution in [0.1, 0.15) is 23.4 Å². The van der Waals surface area contributed by atoms with E-state index in [9.17, 15) is 4.79 Å². The van der Waals surface area contributed by atoms with Crippen molar-refractivity contribution in [2.24, 2.45) is 0 Å². The number of rotatable bonds is 4. The van der Waals surface area contributed by atoms with Crippen LogP contribution in [0.3, 0.4) is 0 Å². The van der Waals surface area contributed by atoms with Crippen molar-refractivity contribution in [2.45, 2.75) is 25.4 Å². The third-order valence-corrected chi connectivity index (χ3v) is 5.34. The number of carbonyl (C=O) groups excluding carboxylic acids is 1. The fourth-order valence-corrected chi connectivity index (χ4v) is 4.09. The number of fused-ring (bicyclic) bond motifs is 1. The molecule has 0 radical (unpaired) electrons. The SMILES string of the molecule is C[C@H]1Cc2ccccc2N1C(=O)NC[C@@H](c1cccs1)N(C)C. The number of nitrogens with one attached hydrogen (secondary N) is 1. The third-order valence-electron chi connectivity index (χ3n) is 4.37. The van der Waals surface area contributed by atoms with Crippen molar-refractivity contribution in [1.29, 1.82) is 0 Å². The number of nitrogens with zero attached hydrogens (tertiary/aromatic N) is 2. The normalized spacial score (nSPS) is 18.1. The Morgan fingerprint density at radius 3 is 2.83 bits per heavy atom. The second-order valence-corrected chi connectivity index (χ2v) is 7.21. The number of anilines is 1. The van der Waals surface area contributed by atoms with Crippen LogP contribution < -0.4 is 10.2 Å². The highest BCUT2D eigenvalue weighted by Gasteiger charge is 2.31. The van der Waals surface area contributed by atoms with Gasteiger partial charge in [-0.3, -0.25) is 4.90 Å². The standard InChI is InChI=1S/C18H23N3OS/c1-13-11-14-7-4-5-8-15(14)21(13)18(22)19-12-16(20(2)3)17-9-6-10-23-17/h4-10,13,16H,11-12H2,1-3H3,(H,19,22)/t13-,16-/m0/s1. The van der Waals surface area contributed by atoms with E-state index >= 15 is 0 Å². The number of amides is 2. The first kappa shape index (κ1) is 16.0. The van der Waals surface area contributed by atoms with Gasteiger partial charge in [0.05, 0.1) is 6.04 Å². The van der Waals surface area contributed by atoms with E-state index in [-0.39, 0.29) is 18.1 Å². The molecule has 0 fully saturated rings. The highest BCUT2D eigenvalue weighted by Crippen LogP contribution is 2.31. The maximum absolute atomic E-state index is 12.7. The summed E-state index contributed by atoms with van der Waals surface area (Å²) in [5, 5.41) is 5.19. The van der Waals surface area contributed by atoms with Gasteiger partial charge in [-0.05, 0) is 50.5 Å². The maximum atomic E-state index is 12.7. The number of para-hydroxylation sites is 1. The summed E-state index contributed by atoms with van der Waals surface area (Å²) < 4.78 is 0. The van der Waals surface area contributed by atoms with E-state index in [2.05, 4.69) is 40.7 Å². The lowest BCUT2D eigenvalue weighted by Crippen LogP contribution is -2.45. The lowest BCUT2D eigenvalue weighted by molar-refractivity contribution is 0.237. The van der Waals surface area contributed by atoms with Gasteiger partial charge >= 0.3 is 6.03 Å². The number of hydrogen-bond acceptors (Lipinski definition) is 3. The largest absolute Gasteiger partial charge is 0.336 e. The first-order chi connectivity index (χ1) is 11.1. The Hall–Kier alpha value is -1.85. The molecular formula is C18H23N3OS. The molecule has 1 aliphatic rings. The first-order valence-electron chi connectivity index (χ1n) is 7.92. The smallest absolute Gasteiger partial charge is 0.322 e. The van der Waals surface area contributed by atoms with Crippen molar-refractivity contribution in [3.8, 4) is 0 Å². The van der Waals surface area contributed by atoms with Crippen molar-refractivity contribution in [3.05, 3.63) is 52.2 Å². The Kier molecular flexibility index (Phi) is 4.68. The van der Waals surface area contributed by atoms with Gasteiger partial charge in [-0.1, -0.05) is 24.3 Å². The molecule has 0 bridgehead atoms. The van der Waals surface area contributed by atoms with E-state index in [1.54, 1.807) is 11.3 Å². The Morgan fingerprint density at radius 2 is 2.13 bits per heavy atom. The second-order valence-electron chi connectivity index (χ2n) is 6.23. The van der Waals surface area contributed by atoms with E-state index in [1.165, 1.54) is 10.4 Å². The van der Waals surface area contributed by atoms with Crippen LogP contribution in [0.5, 0.6) is 0 Å². The fourth-order valence-electron chi connectivity index (χ4n) is 3.16. The lowest BCUT2D eigenvalue weighted by atomic mass is 10.1. The Balaban J connectivity index is 1.70. The zero-order chi connectivity index (χ0) is 16.4. The summed E-state index contributed by atoms with van der Waals surface area (Å²) in [5.41, 5.74) is 2.28. The molecule has 0 unspecified atom stereocenters. The molecule has 4 nitrogen and oxygen atoms in total. The van der Waals surface area contributed by atoms with E-state index in [0.29, 0.717) is 6.54 Å². The number of thiophene rings is 1. The minimum atomic E-state index is -0.00847. The average Bonchev–Trinajstić information content (AvgIpc) is 3.13. The van der Waals surface area contributed by atoms with Crippen LogP contribution >= 0.6 is 11.3 Å². The van der Waals surface area contributed by atoms with Crippen LogP contribution in [0.25, 0.3) is 0 Å². The zero-order valence-electron chi connectivity index (χ0n) is 13.8. The molecule has 23 heavy (non-hydrogen) atoms.